The van der Waals surface area contributed by atoms with E-state index >= 15 is 0 Å². The molecule has 0 heterocycles. The Labute approximate surface area is 90.6 Å². The first-order valence-corrected chi connectivity index (χ1v) is 5.34. The number of benzene rings is 1. The fraction of sp³-hybridized carbons (Fsp3) is 0.133. The van der Waals surface area contributed by atoms with Gasteiger partial charge in [0.05, 0.1) is 6.42 Å². The first kappa shape index (κ1) is 8.72. The summed E-state index contributed by atoms with van der Waals surface area (Å²) in [5.41, 5.74) is 5.28. The normalized spacial score (nSPS) is 18.4. The number of fused-ring (bicyclic) bond motifs is 2. The molecule has 72 valence electrons. The second kappa shape index (κ2) is 3.54. The Hall–Kier alpha value is -1.56. The van der Waals surface area contributed by atoms with Crippen molar-refractivity contribution in [1.29, 1.82) is 0 Å². The van der Waals surface area contributed by atoms with E-state index in [1.807, 2.05) is 0 Å². The molecule has 0 bridgehead atoms. The van der Waals surface area contributed by atoms with Gasteiger partial charge in [0, 0.05) is 0 Å². The fourth-order valence-corrected chi connectivity index (χ4v) is 2.09. The lowest BCUT2D eigenvalue weighted by Gasteiger charge is -2.10. The monoisotopic (exact) mass is 192 g/mol. The molecule has 1 aromatic rings. The molecule has 0 fully saturated rings. The van der Waals surface area contributed by atoms with Crippen LogP contribution in [0.25, 0.3) is 0 Å². The molecule has 1 aromatic carbocycles. The number of hydrogen-bond acceptors (Lipinski definition) is 0. The lowest BCUT2D eigenvalue weighted by molar-refractivity contribution is 1.17. The predicted molar refractivity (Wildman–Crippen MR) is 62.4 cm³/mol. The van der Waals surface area contributed by atoms with E-state index < -0.39 is 0 Å². The highest BCUT2D eigenvalue weighted by atomic mass is 14.2. The SMILES string of the molecule is [C]1C2=CC=CCC2=CCc2ccccc21. The molecule has 0 heteroatoms. The Balaban J connectivity index is 2.07. The molecule has 0 aliphatic heterocycles. The zero-order chi connectivity index (χ0) is 10.1. The number of rotatable bonds is 0. The maximum atomic E-state index is 3.50. The van der Waals surface area contributed by atoms with Gasteiger partial charge in [-0.2, -0.15) is 0 Å². The molecule has 0 unspecified atom stereocenters. The minimum atomic E-state index is 1.03. The molecule has 3 rings (SSSR count). The molecule has 0 saturated carbocycles. The number of allylic oxidation sites excluding steroid dienone is 6. The van der Waals surface area contributed by atoms with Crippen LogP contribution in [0.5, 0.6) is 0 Å². The Kier molecular flexibility index (Phi) is 2.06. The summed E-state index contributed by atoms with van der Waals surface area (Å²) in [7, 11) is 0. The summed E-state index contributed by atoms with van der Waals surface area (Å²) in [5.74, 6) is 0. The van der Waals surface area contributed by atoms with Crippen LogP contribution in [-0.4, -0.2) is 0 Å². The van der Waals surface area contributed by atoms with E-state index in [0.29, 0.717) is 0 Å². The average Bonchev–Trinajstić information content (AvgIpc) is 2.48. The van der Waals surface area contributed by atoms with E-state index in [2.05, 4.69) is 55.0 Å². The van der Waals surface area contributed by atoms with Crippen molar-refractivity contribution >= 4 is 0 Å². The van der Waals surface area contributed by atoms with Crippen LogP contribution in [0, 0.1) is 6.42 Å². The highest BCUT2D eigenvalue weighted by Gasteiger charge is 2.14. The molecule has 0 spiro atoms. The highest BCUT2D eigenvalue weighted by Crippen LogP contribution is 2.30. The minimum absolute atomic E-state index is 1.03. The van der Waals surface area contributed by atoms with Crippen LogP contribution in [0.4, 0.5) is 0 Å². The van der Waals surface area contributed by atoms with Gasteiger partial charge in [0.2, 0.25) is 0 Å². The largest absolute Gasteiger partial charge is 0.0801 e. The lowest BCUT2D eigenvalue weighted by atomic mass is 9.94. The molecule has 2 aliphatic carbocycles. The minimum Gasteiger partial charge on any atom is -0.0801 e. The maximum Gasteiger partial charge on any atom is 0.0507 e. The van der Waals surface area contributed by atoms with Gasteiger partial charge >= 0.3 is 0 Å². The van der Waals surface area contributed by atoms with Gasteiger partial charge < -0.3 is 0 Å². The summed E-state index contributed by atoms with van der Waals surface area (Å²) >= 11 is 0. The average molecular weight is 192 g/mol. The van der Waals surface area contributed by atoms with Crippen LogP contribution in [0.2, 0.25) is 0 Å². The second-order valence-corrected chi connectivity index (χ2v) is 3.93. The third-order valence-corrected chi connectivity index (χ3v) is 2.94. The van der Waals surface area contributed by atoms with Gasteiger partial charge in [-0.1, -0.05) is 48.6 Å². The zero-order valence-electron chi connectivity index (χ0n) is 8.53. The van der Waals surface area contributed by atoms with Gasteiger partial charge in [0.25, 0.3) is 0 Å². The molecule has 2 radical (unpaired) electrons. The van der Waals surface area contributed by atoms with E-state index in [1.165, 1.54) is 22.3 Å². The summed E-state index contributed by atoms with van der Waals surface area (Å²) in [6.07, 6.45) is 14.4. The smallest absolute Gasteiger partial charge is 0.0507 e. The van der Waals surface area contributed by atoms with Crippen LogP contribution in [0.15, 0.2) is 59.7 Å². The van der Waals surface area contributed by atoms with Crippen LogP contribution in [0.3, 0.4) is 0 Å². The molecule has 0 saturated heterocycles. The molecular weight excluding hydrogens is 180 g/mol. The molecule has 0 aromatic heterocycles. The van der Waals surface area contributed by atoms with Crippen LogP contribution < -0.4 is 0 Å². The van der Waals surface area contributed by atoms with Gasteiger partial charge in [-0.05, 0) is 35.1 Å². The van der Waals surface area contributed by atoms with Gasteiger partial charge in [-0.3, -0.25) is 0 Å². The summed E-state index contributed by atoms with van der Waals surface area (Å²) < 4.78 is 0. The third kappa shape index (κ3) is 1.56. The van der Waals surface area contributed by atoms with E-state index in [1.54, 1.807) is 0 Å². The van der Waals surface area contributed by atoms with Gasteiger partial charge in [0.1, 0.15) is 0 Å². The Morgan fingerprint density at radius 2 is 2.00 bits per heavy atom. The van der Waals surface area contributed by atoms with Gasteiger partial charge in [-0.15, -0.1) is 0 Å². The topological polar surface area (TPSA) is 0 Å². The van der Waals surface area contributed by atoms with Crippen LogP contribution >= 0.6 is 0 Å². The fourth-order valence-electron chi connectivity index (χ4n) is 2.09. The predicted octanol–water partition coefficient (Wildman–Crippen LogP) is 3.48. The van der Waals surface area contributed by atoms with Gasteiger partial charge in [-0.25, -0.2) is 0 Å². The molecule has 15 heavy (non-hydrogen) atoms. The first-order valence-electron chi connectivity index (χ1n) is 5.34. The van der Waals surface area contributed by atoms with Crippen LogP contribution in [0.1, 0.15) is 17.5 Å². The van der Waals surface area contributed by atoms with Crippen molar-refractivity contribution in [3.05, 3.63) is 77.3 Å². The summed E-state index contributed by atoms with van der Waals surface area (Å²) in [6.45, 7) is 0. The summed E-state index contributed by atoms with van der Waals surface area (Å²) in [4.78, 5) is 0. The Morgan fingerprint density at radius 3 is 3.00 bits per heavy atom. The Bertz CT molecular complexity index is 473. The van der Waals surface area contributed by atoms with Crippen molar-refractivity contribution in [2.24, 2.45) is 0 Å². The van der Waals surface area contributed by atoms with E-state index in [-0.39, 0.29) is 0 Å². The lowest BCUT2D eigenvalue weighted by Crippen LogP contribution is -1.93. The van der Waals surface area contributed by atoms with Crippen molar-refractivity contribution in [3.63, 3.8) is 0 Å². The maximum absolute atomic E-state index is 3.50. The first-order chi connectivity index (χ1) is 7.43. The van der Waals surface area contributed by atoms with Crippen molar-refractivity contribution in [1.82, 2.24) is 0 Å². The Morgan fingerprint density at radius 1 is 1.07 bits per heavy atom. The standard InChI is InChI=1S/C15H12/c1-3-7-14-11-15-8-4-2-6-13(15)10-9-12(14)5-1/h1-5,7-8,10H,6,9H2. The molecule has 0 atom stereocenters. The van der Waals surface area contributed by atoms with E-state index in [9.17, 15) is 0 Å². The molecule has 0 amide bonds. The van der Waals surface area contributed by atoms with Gasteiger partial charge in [0.15, 0.2) is 0 Å². The third-order valence-electron chi connectivity index (χ3n) is 2.94. The molecule has 0 nitrogen and oxygen atoms in total. The van der Waals surface area contributed by atoms with Crippen molar-refractivity contribution in [2.75, 3.05) is 0 Å². The zero-order valence-corrected chi connectivity index (χ0v) is 8.53. The van der Waals surface area contributed by atoms with Crippen molar-refractivity contribution < 1.29 is 0 Å². The molecular formula is C15H12. The summed E-state index contributed by atoms with van der Waals surface area (Å²) in [6, 6.07) is 8.51. The molecule has 0 N–H and O–H groups in total. The van der Waals surface area contributed by atoms with E-state index in [4.69, 9.17) is 0 Å². The summed E-state index contributed by atoms with van der Waals surface area (Å²) in [5, 5.41) is 0. The van der Waals surface area contributed by atoms with Crippen LogP contribution in [-0.2, 0) is 6.42 Å². The molecule has 2 aliphatic rings. The number of hydrogen-bond donors (Lipinski definition) is 0. The van der Waals surface area contributed by atoms with Crippen molar-refractivity contribution in [2.45, 2.75) is 12.8 Å². The quantitative estimate of drug-likeness (QED) is 0.590. The van der Waals surface area contributed by atoms with Crippen molar-refractivity contribution in [3.8, 4) is 0 Å². The second-order valence-electron chi connectivity index (χ2n) is 3.93. The van der Waals surface area contributed by atoms with E-state index in [0.717, 1.165) is 12.8 Å². The highest BCUT2D eigenvalue weighted by molar-refractivity contribution is 5.54.